The molecule has 0 bridgehead atoms. The fraction of sp³-hybridized carbons (Fsp3) is 0.333. The molecule has 0 unspecified atom stereocenters. The third kappa shape index (κ3) is 5.67. The molecule has 0 atom stereocenters. The number of halogens is 4. The lowest BCUT2D eigenvalue weighted by Gasteiger charge is -2.28. The Morgan fingerprint density at radius 1 is 1.26 bits per heavy atom. The van der Waals surface area contributed by atoms with E-state index in [1.165, 1.54) is 19.1 Å². The zero-order valence-electron chi connectivity index (χ0n) is 19.2. The predicted molar refractivity (Wildman–Crippen MR) is 117 cm³/mol. The Balaban J connectivity index is 1.67. The molecular weight excluding hydrogens is 454 g/mol. The van der Waals surface area contributed by atoms with Crippen molar-refractivity contribution >= 4 is 5.91 Å². The van der Waals surface area contributed by atoms with Crippen LogP contribution in [0.5, 0.6) is 11.5 Å². The molecule has 182 valence electrons. The Labute approximate surface area is 195 Å². The number of nitrogens with zero attached hydrogens (tertiary/aromatic N) is 3. The van der Waals surface area contributed by atoms with Crippen molar-refractivity contribution in [2.75, 3.05) is 13.6 Å². The summed E-state index contributed by atoms with van der Waals surface area (Å²) in [7, 11) is 1.87. The number of pyridine rings is 1. The molecule has 6 nitrogen and oxygen atoms in total. The second kappa shape index (κ2) is 9.36. The van der Waals surface area contributed by atoms with Crippen LogP contribution in [0, 0.1) is 5.82 Å². The first-order chi connectivity index (χ1) is 15.8. The number of allylic oxidation sites excluding steroid dienone is 1. The maximum atomic E-state index is 14.5. The Kier molecular flexibility index (Phi) is 6.90. The van der Waals surface area contributed by atoms with Gasteiger partial charge < -0.3 is 14.4 Å². The van der Waals surface area contributed by atoms with Crippen LogP contribution in [-0.4, -0.2) is 39.8 Å². The van der Waals surface area contributed by atoms with Crippen LogP contribution in [0.15, 0.2) is 60.9 Å². The summed E-state index contributed by atoms with van der Waals surface area (Å²) < 4.78 is 63.8. The van der Waals surface area contributed by atoms with Crippen LogP contribution >= 0.6 is 0 Å². The van der Waals surface area contributed by atoms with E-state index in [9.17, 15) is 22.4 Å². The van der Waals surface area contributed by atoms with Crippen molar-refractivity contribution in [3.63, 3.8) is 0 Å². The Morgan fingerprint density at radius 2 is 1.97 bits per heavy atom. The third-order valence-corrected chi connectivity index (χ3v) is 5.43. The first kappa shape index (κ1) is 25.1. The average Bonchev–Trinajstić information content (AvgIpc) is 2.97. The lowest BCUT2D eigenvalue weighted by atomic mass is 10.1. The van der Waals surface area contributed by atoms with Crippen molar-refractivity contribution in [3.05, 3.63) is 77.8 Å². The van der Waals surface area contributed by atoms with E-state index in [1.807, 2.05) is 25.8 Å². The standard InChI is InChI=1S/C24H25F4N3O3/c1-15(8-22-30(5)23(3,4)14-31(22)16(2)32)33-13-17-6-7-21(20(25)9-17)34-19-10-18(11-29-12-19)24(26,27)28/h6-12H,1,13-14H2,2-5H3/b22-8-. The minimum atomic E-state index is -4.59. The number of hydrogen-bond acceptors (Lipinski definition) is 5. The number of benzene rings is 1. The van der Waals surface area contributed by atoms with Crippen LogP contribution in [-0.2, 0) is 22.3 Å². The van der Waals surface area contributed by atoms with Gasteiger partial charge in [0.25, 0.3) is 0 Å². The van der Waals surface area contributed by atoms with Gasteiger partial charge in [-0.05, 0) is 37.6 Å². The molecule has 0 N–H and O–H groups in total. The summed E-state index contributed by atoms with van der Waals surface area (Å²) in [6.45, 7) is 9.86. The van der Waals surface area contributed by atoms with Gasteiger partial charge in [-0.1, -0.05) is 12.6 Å². The highest BCUT2D eigenvalue weighted by molar-refractivity contribution is 5.76. The van der Waals surface area contributed by atoms with Gasteiger partial charge >= 0.3 is 6.18 Å². The van der Waals surface area contributed by atoms with Gasteiger partial charge in [0.05, 0.1) is 17.3 Å². The van der Waals surface area contributed by atoms with Crippen molar-refractivity contribution in [2.45, 2.75) is 39.1 Å². The highest BCUT2D eigenvalue weighted by atomic mass is 19.4. The Morgan fingerprint density at radius 3 is 2.59 bits per heavy atom. The van der Waals surface area contributed by atoms with Crippen molar-refractivity contribution < 1.29 is 31.8 Å². The molecule has 34 heavy (non-hydrogen) atoms. The molecule has 1 fully saturated rings. The van der Waals surface area contributed by atoms with E-state index in [0.717, 1.165) is 18.3 Å². The first-order valence-corrected chi connectivity index (χ1v) is 10.3. The number of carbonyl (C=O) groups excluding carboxylic acids is 1. The molecular formula is C24H25F4N3O3. The number of ether oxygens (including phenoxy) is 2. The summed E-state index contributed by atoms with van der Waals surface area (Å²) in [5, 5.41) is 0. The minimum Gasteiger partial charge on any atom is -0.489 e. The van der Waals surface area contributed by atoms with E-state index < -0.39 is 17.6 Å². The van der Waals surface area contributed by atoms with Gasteiger partial charge in [0.2, 0.25) is 5.91 Å². The molecule has 2 heterocycles. The second-order valence-corrected chi connectivity index (χ2v) is 8.51. The van der Waals surface area contributed by atoms with Gasteiger partial charge in [-0.15, -0.1) is 0 Å². The summed E-state index contributed by atoms with van der Waals surface area (Å²) in [5.74, 6) is -0.449. The molecule has 0 spiro atoms. The van der Waals surface area contributed by atoms with E-state index in [2.05, 4.69) is 11.6 Å². The number of carbonyl (C=O) groups is 1. The van der Waals surface area contributed by atoms with Gasteiger partial charge in [-0.2, -0.15) is 13.2 Å². The van der Waals surface area contributed by atoms with Gasteiger partial charge in [-0.3, -0.25) is 14.7 Å². The molecule has 0 saturated carbocycles. The zero-order valence-corrected chi connectivity index (χ0v) is 19.2. The zero-order chi connectivity index (χ0) is 25.3. The van der Waals surface area contributed by atoms with E-state index in [1.54, 1.807) is 11.0 Å². The van der Waals surface area contributed by atoms with Crippen LogP contribution in [0.1, 0.15) is 31.9 Å². The summed E-state index contributed by atoms with van der Waals surface area (Å²) >= 11 is 0. The molecule has 1 amide bonds. The quantitative estimate of drug-likeness (QED) is 0.406. The van der Waals surface area contributed by atoms with Crippen LogP contribution in [0.2, 0.25) is 0 Å². The number of rotatable bonds is 6. The molecule has 2 aromatic rings. The van der Waals surface area contributed by atoms with Crippen molar-refractivity contribution in [1.29, 1.82) is 0 Å². The SMILES string of the molecule is C=C(/C=C1\N(C(C)=O)CC(C)(C)N1C)OCc1ccc(Oc2cncc(C(F)(F)F)c2)c(F)c1. The van der Waals surface area contributed by atoms with Crippen molar-refractivity contribution in [2.24, 2.45) is 0 Å². The van der Waals surface area contributed by atoms with Crippen molar-refractivity contribution in [1.82, 2.24) is 14.8 Å². The fourth-order valence-corrected chi connectivity index (χ4v) is 3.35. The average molecular weight is 479 g/mol. The molecule has 1 saturated heterocycles. The number of alkyl halides is 3. The molecule has 1 aromatic heterocycles. The van der Waals surface area contributed by atoms with Gasteiger partial charge in [0.1, 0.15) is 23.9 Å². The summed E-state index contributed by atoms with van der Waals surface area (Å²) in [6, 6.07) is 4.71. The molecule has 3 rings (SSSR count). The van der Waals surface area contributed by atoms with Crippen LogP contribution in [0.25, 0.3) is 0 Å². The molecule has 1 aliphatic heterocycles. The van der Waals surface area contributed by atoms with Crippen molar-refractivity contribution in [3.8, 4) is 11.5 Å². The lowest BCUT2D eigenvalue weighted by molar-refractivity contribution is -0.138. The number of aromatic nitrogens is 1. The lowest BCUT2D eigenvalue weighted by Crippen LogP contribution is -2.36. The maximum absolute atomic E-state index is 14.5. The number of likely N-dealkylation sites (N-methyl/N-ethyl adjacent to an activating group) is 1. The van der Waals surface area contributed by atoms with Crippen LogP contribution in [0.4, 0.5) is 17.6 Å². The summed E-state index contributed by atoms with van der Waals surface area (Å²) in [5.41, 5.74) is -0.802. The largest absolute Gasteiger partial charge is 0.489 e. The Hall–Kier alpha value is -3.56. The van der Waals surface area contributed by atoms with Gasteiger partial charge in [0, 0.05) is 32.8 Å². The molecule has 1 aliphatic rings. The molecule has 0 aliphatic carbocycles. The monoisotopic (exact) mass is 479 g/mol. The Bertz CT molecular complexity index is 1130. The van der Waals surface area contributed by atoms with Gasteiger partial charge in [0.15, 0.2) is 11.6 Å². The first-order valence-electron chi connectivity index (χ1n) is 10.3. The van der Waals surface area contributed by atoms with E-state index >= 15 is 0 Å². The van der Waals surface area contributed by atoms with Crippen LogP contribution in [0.3, 0.4) is 0 Å². The highest BCUT2D eigenvalue weighted by Crippen LogP contribution is 2.33. The predicted octanol–water partition coefficient (Wildman–Crippen LogP) is 5.48. The second-order valence-electron chi connectivity index (χ2n) is 8.51. The fourth-order valence-electron chi connectivity index (χ4n) is 3.35. The molecule has 1 aromatic carbocycles. The minimum absolute atomic E-state index is 0.0158. The van der Waals surface area contributed by atoms with Gasteiger partial charge in [-0.25, -0.2) is 4.39 Å². The van der Waals surface area contributed by atoms with Crippen LogP contribution < -0.4 is 4.74 Å². The topological polar surface area (TPSA) is 54.9 Å². The normalized spacial score (nSPS) is 16.6. The van der Waals surface area contributed by atoms with E-state index in [-0.39, 0.29) is 35.3 Å². The maximum Gasteiger partial charge on any atom is 0.418 e. The summed E-state index contributed by atoms with van der Waals surface area (Å²) in [6.07, 6.45) is -1.22. The smallest absolute Gasteiger partial charge is 0.418 e. The molecule has 10 heteroatoms. The number of amides is 1. The van der Waals surface area contributed by atoms with E-state index in [4.69, 9.17) is 9.47 Å². The third-order valence-electron chi connectivity index (χ3n) is 5.43. The summed E-state index contributed by atoms with van der Waals surface area (Å²) in [4.78, 5) is 19.1. The number of hydrogen-bond donors (Lipinski definition) is 0. The highest BCUT2D eigenvalue weighted by Gasteiger charge is 2.39. The van der Waals surface area contributed by atoms with E-state index in [0.29, 0.717) is 24.1 Å². The molecule has 0 radical (unpaired) electrons.